The zero-order valence-corrected chi connectivity index (χ0v) is 14.7. The van der Waals surface area contributed by atoms with Crippen molar-refractivity contribution in [2.75, 3.05) is 0 Å². The highest BCUT2D eigenvalue weighted by Gasteiger charge is 2.15. The van der Waals surface area contributed by atoms with Gasteiger partial charge in [-0.1, -0.05) is 22.0 Å². The Labute approximate surface area is 139 Å². The van der Waals surface area contributed by atoms with E-state index in [-0.39, 0.29) is 5.69 Å². The Morgan fingerprint density at radius 2 is 1.86 bits per heavy atom. The average Bonchev–Trinajstić information content (AvgIpc) is 2.43. The molecule has 0 N–H and O–H groups in total. The summed E-state index contributed by atoms with van der Waals surface area (Å²) in [7, 11) is 0. The third-order valence-electron chi connectivity index (χ3n) is 3.06. The predicted octanol–water partition coefficient (Wildman–Crippen LogP) is 5.66. The van der Waals surface area contributed by atoms with Crippen LogP contribution < -0.4 is 4.74 Å². The molecule has 0 bridgehead atoms. The molecular weight excluding hydrogens is 402 g/mol. The normalized spacial score (nSPS) is 10.5. The number of nitro benzene ring substituents is 1. The van der Waals surface area contributed by atoms with E-state index in [1.807, 2.05) is 25.1 Å². The summed E-state index contributed by atoms with van der Waals surface area (Å²) in [5.41, 5.74) is 2.65. The minimum Gasteiger partial charge on any atom is -0.456 e. The number of hydrogen-bond acceptors (Lipinski definition) is 3. The van der Waals surface area contributed by atoms with E-state index in [2.05, 4.69) is 31.9 Å². The van der Waals surface area contributed by atoms with Crippen LogP contribution in [0.5, 0.6) is 11.5 Å². The average molecular weight is 415 g/mol. The van der Waals surface area contributed by atoms with E-state index in [1.165, 1.54) is 6.07 Å². The van der Waals surface area contributed by atoms with E-state index in [0.717, 1.165) is 20.9 Å². The Morgan fingerprint density at radius 3 is 2.43 bits per heavy atom. The summed E-state index contributed by atoms with van der Waals surface area (Å²) < 4.78 is 6.63. The maximum atomic E-state index is 11.0. The summed E-state index contributed by atoms with van der Waals surface area (Å²) in [6, 6.07) is 8.95. The summed E-state index contributed by atoms with van der Waals surface area (Å²) in [5, 5.41) is 11.8. The van der Waals surface area contributed by atoms with E-state index in [0.29, 0.717) is 17.1 Å². The standard InChI is InChI=1S/C15H13Br2NO3/c1-9-5-10(2)15(7-13(9)18(19)20)21-14-4-3-11(8-16)6-12(14)17/h3-7H,8H2,1-2H3. The fourth-order valence-electron chi connectivity index (χ4n) is 1.96. The molecule has 0 unspecified atom stereocenters. The van der Waals surface area contributed by atoms with Crippen molar-refractivity contribution in [1.82, 2.24) is 0 Å². The van der Waals surface area contributed by atoms with Gasteiger partial charge in [-0.05, 0) is 59.1 Å². The lowest BCUT2D eigenvalue weighted by molar-refractivity contribution is -0.385. The van der Waals surface area contributed by atoms with Gasteiger partial charge in [-0.15, -0.1) is 0 Å². The van der Waals surface area contributed by atoms with Crippen LogP contribution in [0.25, 0.3) is 0 Å². The lowest BCUT2D eigenvalue weighted by Gasteiger charge is -2.12. The summed E-state index contributed by atoms with van der Waals surface area (Å²) >= 11 is 6.84. The summed E-state index contributed by atoms with van der Waals surface area (Å²) in [6.45, 7) is 3.59. The fraction of sp³-hybridized carbons (Fsp3) is 0.200. The third kappa shape index (κ3) is 3.63. The van der Waals surface area contributed by atoms with Gasteiger partial charge in [0.1, 0.15) is 11.5 Å². The number of alkyl halides is 1. The van der Waals surface area contributed by atoms with Gasteiger partial charge in [0, 0.05) is 10.9 Å². The van der Waals surface area contributed by atoms with Crippen LogP contribution >= 0.6 is 31.9 Å². The monoisotopic (exact) mass is 413 g/mol. The number of aryl methyl sites for hydroxylation is 2. The molecule has 0 saturated heterocycles. The Morgan fingerprint density at radius 1 is 1.14 bits per heavy atom. The minimum absolute atomic E-state index is 0.0591. The lowest BCUT2D eigenvalue weighted by atomic mass is 10.1. The number of hydrogen-bond donors (Lipinski definition) is 0. The molecular formula is C15H13Br2NO3. The van der Waals surface area contributed by atoms with Gasteiger partial charge in [0.25, 0.3) is 5.69 Å². The van der Waals surface area contributed by atoms with Gasteiger partial charge in [0.2, 0.25) is 0 Å². The summed E-state index contributed by atoms with van der Waals surface area (Å²) in [6.07, 6.45) is 0. The van der Waals surface area contributed by atoms with E-state index >= 15 is 0 Å². The first-order valence-corrected chi connectivity index (χ1v) is 8.11. The topological polar surface area (TPSA) is 52.4 Å². The van der Waals surface area contributed by atoms with Crippen molar-refractivity contribution in [2.45, 2.75) is 19.2 Å². The molecule has 0 aliphatic rings. The highest BCUT2D eigenvalue weighted by Crippen LogP contribution is 2.35. The number of ether oxygens (including phenoxy) is 1. The number of rotatable bonds is 4. The predicted molar refractivity (Wildman–Crippen MR) is 89.4 cm³/mol. The SMILES string of the molecule is Cc1cc(C)c([N+](=O)[O-])cc1Oc1ccc(CBr)cc1Br. The van der Waals surface area contributed by atoms with Crippen LogP contribution in [-0.4, -0.2) is 4.92 Å². The smallest absolute Gasteiger partial charge is 0.276 e. The molecule has 110 valence electrons. The first kappa shape index (κ1) is 16.0. The highest BCUT2D eigenvalue weighted by molar-refractivity contribution is 9.10. The molecule has 0 atom stereocenters. The second-order valence-corrected chi connectivity index (χ2v) is 6.08. The van der Waals surface area contributed by atoms with Crippen molar-refractivity contribution < 1.29 is 9.66 Å². The van der Waals surface area contributed by atoms with Crippen molar-refractivity contribution in [3.05, 3.63) is 61.6 Å². The van der Waals surface area contributed by atoms with Crippen LogP contribution in [0.2, 0.25) is 0 Å². The fourth-order valence-corrected chi connectivity index (χ4v) is 2.81. The van der Waals surface area contributed by atoms with Crippen LogP contribution in [-0.2, 0) is 5.33 Å². The number of benzene rings is 2. The van der Waals surface area contributed by atoms with Gasteiger partial charge in [0.15, 0.2) is 0 Å². The van der Waals surface area contributed by atoms with Crippen LogP contribution in [0, 0.1) is 24.0 Å². The molecule has 2 rings (SSSR count). The highest BCUT2D eigenvalue weighted by atomic mass is 79.9. The first-order chi connectivity index (χ1) is 9.92. The molecule has 0 aromatic heterocycles. The van der Waals surface area contributed by atoms with E-state index < -0.39 is 4.92 Å². The van der Waals surface area contributed by atoms with Crippen molar-refractivity contribution in [2.24, 2.45) is 0 Å². The van der Waals surface area contributed by atoms with Gasteiger partial charge < -0.3 is 4.74 Å². The van der Waals surface area contributed by atoms with Crippen LogP contribution in [0.4, 0.5) is 5.69 Å². The Hall–Kier alpha value is -1.40. The molecule has 6 heteroatoms. The zero-order valence-electron chi connectivity index (χ0n) is 11.5. The Bertz CT molecular complexity index is 702. The molecule has 0 amide bonds. The lowest BCUT2D eigenvalue weighted by Crippen LogP contribution is -1.96. The van der Waals surface area contributed by atoms with E-state index in [9.17, 15) is 10.1 Å². The molecule has 2 aromatic carbocycles. The summed E-state index contributed by atoms with van der Waals surface area (Å²) in [4.78, 5) is 10.6. The third-order valence-corrected chi connectivity index (χ3v) is 4.33. The molecule has 0 aliphatic heterocycles. The van der Waals surface area contributed by atoms with Gasteiger partial charge in [-0.25, -0.2) is 0 Å². The molecule has 4 nitrogen and oxygen atoms in total. The maximum Gasteiger partial charge on any atom is 0.276 e. The van der Waals surface area contributed by atoms with Crippen LogP contribution in [0.1, 0.15) is 16.7 Å². The number of nitro groups is 1. The molecule has 0 fully saturated rings. The molecule has 0 aliphatic carbocycles. The Balaban J connectivity index is 2.39. The zero-order chi connectivity index (χ0) is 15.6. The second kappa shape index (κ2) is 6.58. The maximum absolute atomic E-state index is 11.0. The molecule has 2 aromatic rings. The quantitative estimate of drug-likeness (QED) is 0.368. The second-order valence-electron chi connectivity index (χ2n) is 4.66. The minimum atomic E-state index is -0.398. The summed E-state index contributed by atoms with van der Waals surface area (Å²) in [5.74, 6) is 1.11. The van der Waals surface area contributed by atoms with Gasteiger partial charge in [0.05, 0.1) is 15.5 Å². The van der Waals surface area contributed by atoms with Crippen molar-refractivity contribution in [3.63, 3.8) is 0 Å². The van der Waals surface area contributed by atoms with Crippen LogP contribution in [0.15, 0.2) is 34.8 Å². The number of nitrogens with zero attached hydrogens (tertiary/aromatic N) is 1. The van der Waals surface area contributed by atoms with E-state index in [4.69, 9.17) is 4.74 Å². The van der Waals surface area contributed by atoms with Crippen LogP contribution in [0.3, 0.4) is 0 Å². The van der Waals surface area contributed by atoms with Gasteiger partial charge >= 0.3 is 0 Å². The van der Waals surface area contributed by atoms with E-state index in [1.54, 1.807) is 13.0 Å². The molecule has 0 heterocycles. The Kier molecular flexibility index (Phi) is 5.00. The first-order valence-electron chi connectivity index (χ1n) is 6.20. The number of halogens is 2. The van der Waals surface area contributed by atoms with Crippen molar-refractivity contribution in [3.8, 4) is 11.5 Å². The van der Waals surface area contributed by atoms with Gasteiger partial charge in [-0.3, -0.25) is 10.1 Å². The molecule has 21 heavy (non-hydrogen) atoms. The van der Waals surface area contributed by atoms with Gasteiger partial charge in [-0.2, -0.15) is 0 Å². The molecule has 0 saturated carbocycles. The molecule has 0 spiro atoms. The van der Waals surface area contributed by atoms with Crippen molar-refractivity contribution >= 4 is 37.5 Å². The molecule has 0 radical (unpaired) electrons. The van der Waals surface area contributed by atoms with Crippen molar-refractivity contribution in [1.29, 1.82) is 0 Å². The largest absolute Gasteiger partial charge is 0.456 e.